The van der Waals surface area contributed by atoms with E-state index < -0.39 is 0 Å². The molecule has 0 heterocycles. The number of carbonyl (C=O) groups excluding carboxylic acids is 1. The van der Waals surface area contributed by atoms with Crippen LogP contribution >= 0.6 is 12.2 Å². The number of carbonyl (C=O) groups is 1. The van der Waals surface area contributed by atoms with Gasteiger partial charge in [-0.2, -0.15) is 0 Å². The van der Waals surface area contributed by atoms with Crippen LogP contribution in [0.1, 0.15) is 48.9 Å². The number of anilines is 1. The van der Waals surface area contributed by atoms with Crippen molar-refractivity contribution in [3.05, 3.63) is 54.1 Å². The van der Waals surface area contributed by atoms with E-state index in [-0.39, 0.29) is 11.0 Å². The second-order valence-corrected chi connectivity index (χ2v) is 8.35. The molecule has 0 saturated heterocycles. The summed E-state index contributed by atoms with van der Waals surface area (Å²) in [4.78, 5) is 12.4. The van der Waals surface area contributed by atoms with Crippen LogP contribution in [0.3, 0.4) is 0 Å². The van der Waals surface area contributed by atoms with E-state index in [4.69, 9.17) is 26.4 Å². The summed E-state index contributed by atoms with van der Waals surface area (Å²) >= 11 is 5.27. The van der Waals surface area contributed by atoms with E-state index in [0.717, 1.165) is 30.4 Å². The van der Waals surface area contributed by atoms with Gasteiger partial charge in [-0.05, 0) is 73.1 Å². The highest BCUT2D eigenvalue weighted by molar-refractivity contribution is 7.80. The lowest BCUT2D eigenvalue weighted by molar-refractivity contribution is 0.0977. The molecule has 1 aliphatic carbocycles. The molecule has 1 aliphatic rings. The Labute approximate surface area is 195 Å². The lowest BCUT2D eigenvalue weighted by Crippen LogP contribution is -2.34. The average Bonchev–Trinajstić information content (AvgIpc) is 2.81. The average molecular weight is 457 g/mol. The smallest absolute Gasteiger partial charge is 0.257 e. The van der Waals surface area contributed by atoms with Crippen LogP contribution in [0.5, 0.6) is 11.5 Å². The largest absolute Gasteiger partial charge is 0.494 e. The first-order chi connectivity index (χ1) is 15.6. The van der Waals surface area contributed by atoms with Crippen molar-refractivity contribution in [2.24, 2.45) is 5.92 Å². The van der Waals surface area contributed by atoms with Crippen LogP contribution in [0, 0.1) is 5.92 Å². The van der Waals surface area contributed by atoms with Crippen LogP contribution in [0.15, 0.2) is 48.5 Å². The monoisotopic (exact) mass is 456 g/mol. The van der Waals surface area contributed by atoms with E-state index in [1.165, 1.54) is 32.1 Å². The number of rotatable bonds is 10. The molecule has 0 spiro atoms. The number of thiocarbonyl (C=S) groups is 1. The van der Waals surface area contributed by atoms with Gasteiger partial charge in [-0.1, -0.05) is 32.1 Å². The summed E-state index contributed by atoms with van der Waals surface area (Å²) in [6.07, 6.45) is 7.89. The van der Waals surface area contributed by atoms with Gasteiger partial charge in [0.2, 0.25) is 0 Å². The first-order valence-electron chi connectivity index (χ1n) is 11.2. The van der Waals surface area contributed by atoms with Crippen LogP contribution in [0.4, 0.5) is 5.69 Å². The fourth-order valence-electron chi connectivity index (χ4n) is 3.74. The van der Waals surface area contributed by atoms with E-state index in [1.54, 1.807) is 31.4 Å². The van der Waals surface area contributed by atoms with Crippen LogP contribution < -0.4 is 20.1 Å². The van der Waals surface area contributed by atoms with Crippen LogP contribution in [-0.4, -0.2) is 38.0 Å². The Morgan fingerprint density at radius 2 is 1.53 bits per heavy atom. The van der Waals surface area contributed by atoms with E-state index >= 15 is 0 Å². The molecule has 1 amide bonds. The fourth-order valence-corrected chi connectivity index (χ4v) is 3.95. The molecular formula is C25H32N2O4S. The van der Waals surface area contributed by atoms with Gasteiger partial charge in [-0.3, -0.25) is 10.1 Å². The highest BCUT2D eigenvalue weighted by atomic mass is 32.1. The van der Waals surface area contributed by atoms with Gasteiger partial charge < -0.3 is 19.5 Å². The maximum Gasteiger partial charge on any atom is 0.257 e. The number of hydrogen-bond donors (Lipinski definition) is 2. The molecule has 1 fully saturated rings. The predicted molar refractivity (Wildman–Crippen MR) is 131 cm³/mol. The Morgan fingerprint density at radius 1 is 0.906 bits per heavy atom. The molecule has 32 heavy (non-hydrogen) atoms. The summed E-state index contributed by atoms with van der Waals surface area (Å²) in [5, 5.41) is 5.96. The molecule has 0 unspecified atom stereocenters. The molecule has 7 heteroatoms. The Hall–Kier alpha value is -2.64. The third-order valence-electron chi connectivity index (χ3n) is 5.53. The quantitative estimate of drug-likeness (QED) is 0.379. The van der Waals surface area contributed by atoms with Crippen molar-refractivity contribution in [2.45, 2.75) is 38.5 Å². The van der Waals surface area contributed by atoms with Gasteiger partial charge in [0, 0.05) is 18.4 Å². The van der Waals surface area contributed by atoms with E-state index in [2.05, 4.69) is 10.6 Å². The highest BCUT2D eigenvalue weighted by Gasteiger charge is 2.13. The molecule has 1 saturated carbocycles. The number of nitrogens with one attached hydrogen (secondary N) is 2. The van der Waals surface area contributed by atoms with Crippen LogP contribution in [-0.2, 0) is 4.74 Å². The molecule has 0 aromatic heterocycles. The Kier molecular flexibility index (Phi) is 9.78. The first kappa shape index (κ1) is 24.0. The molecule has 2 aromatic rings. The molecule has 2 N–H and O–H groups in total. The number of amides is 1. The molecule has 0 aliphatic heterocycles. The van der Waals surface area contributed by atoms with E-state index in [9.17, 15) is 4.79 Å². The summed E-state index contributed by atoms with van der Waals surface area (Å²) in [5.41, 5.74) is 1.28. The summed E-state index contributed by atoms with van der Waals surface area (Å²) in [6.45, 7) is 1.72. The zero-order valence-electron chi connectivity index (χ0n) is 18.6. The van der Waals surface area contributed by atoms with Crippen LogP contribution in [0.2, 0.25) is 0 Å². The number of benzene rings is 2. The molecule has 3 rings (SSSR count). The Balaban J connectivity index is 1.39. The summed E-state index contributed by atoms with van der Waals surface area (Å²) in [5.74, 6) is 2.05. The van der Waals surface area contributed by atoms with Gasteiger partial charge in [0.1, 0.15) is 18.1 Å². The minimum Gasteiger partial charge on any atom is -0.494 e. The zero-order chi connectivity index (χ0) is 22.6. The van der Waals surface area contributed by atoms with Crippen molar-refractivity contribution in [2.75, 3.05) is 32.2 Å². The van der Waals surface area contributed by atoms with E-state index in [0.29, 0.717) is 24.5 Å². The zero-order valence-corrected chi connectivity index (χ0v) is 19.4. The highest BCUT2D eigenvalue weighted by Crippen LogP contribution is 2.26. The standard InChI is InChI=1S/C25H32N2O4S/c1-29-17-18-31-22-11-7-20(8-12-22)24(28)27-25(32)26-21-9-13-23(14-10-21)30-16-15-19-5-3-2-4-6-19/h7-14,19H,2-6,15-18H2,1H3,(H2,26,27,28,32). The van der Waals surface area contributed by atoms with Crippen molar-refractivity contribution < 1.29 is 19.0 Å². The number of methoxy groups -OCH3 is 1. The van der Waals surface area contributed by atoms with Crippen molar-refractivity contribution in [3.63, 3.8) is 0 Å². The van der Waals surface area contributed by atoms with E-state index in [1.807, 2.05) is 24.3 Å². The molecule has 2 aromatic carbocycles. The van der Waals surface area contributed by atoms with Crippen molar-refractivity contribution in [1.29, 1.82) is 0 Å². The van der Waals surface area contributed by atoms with Gasteiger partial charge in [-0.25, -0.2) is 0 Å². The first-order valence-corrected chi connectivity index (χ1v) is 11.6. The lowest BCUT2D eigenvalue weighted by atomic mass is 9.87. The van der Waals surface area contributed by atoms with Gasteiger partial charge in [0.15, 0.2) is 5.11 Å². The minimum atomic E-state index is -0.284. The third kappa shape index (κ3) is 8.13. The Morgan fingerprint density at radius 3 is 2.19 bits per heavy atom. The number of ether oxygens (including phenoxy) is 3. The second-order valence-electron chi connectivity index (χ2n) is 7.94. The fraction of sp³-hybridized carbons (Fsp3) is 0.440. The third-order valence-corrected chi connectivity index (χ3v) is 5.74. The SMILES string of the molecule is COCCOc1ccc(C(=O)NC(=S)Nc2ccc(OCCC3CCCCC3)cc2)cc1. The van der Waals surface area contributed by atoms with Crippen molar-refractivity contribution >= 4 is 28.9 Å². The van der Waals surface area contributed by atoms with Crippen LogP contribution in [0.25, 0.3) is 0 Å². The van der Waals surface area contributed by atoms with Gasteiger partial charge in [0.05, 0.1) is 13.2 Å². The molecular weight excluding hydrogens is 424 g/mol. The van der Waals surface area contributed by atoms with Crippen molar-refractivity contribution in [3.8, 4) is 11.5 Å². The molecule has 6 nitrogen and oxygen atoms in total. The maximum atomic E-state index is 12.4. The molecule has 172 valence electrons. The molecule has 0 radical (unpaired) electrons. The van der Waals surface area contributed by atoms with Crippen molar-refractivity contribution in [1.82, 2.24) is 5.32 Å². The normalized spacial score (nSPS) is 13.9. The summed E-state index contributed by atoms with van der Waals surface area (Å²) in [7, 11) is 1.62. The Bertz CT molecular complexity index is 849. The topological polar surface area (TPSA) is 68.8 Å². The maximum absolute atomic E-state index is 12.4. The van der Waals surface area contributed by atoms with Gasteiger partial charge in [-0.15, -0.1) is 0 Å². The lowest BCUT2D eigenvalue weighted by Gasteiger charge is -2.21. The number of hydrogen-bond acceptors (Lipinski definition) is 5. The summed E-state index contributed by atoms with van der Waals surface area (Å²) in [6, 6.07) is 14.5. The minimum absolute atomic E-state index is 0.237. The molecule has 0 atom stereocenters. The van der Waals surface area contributed by atoms with Gasteiger partial charge >= 0.3 is 0 Å². The molecule has 0 bridgehead atoms. The summed E-state index contributed by atoms with van der Waals surface area (Å²) < 4.78 is 16.3. The second kappa shape index (κ2) is 13.0. The predicted octanol–water partition coefficient (Wildman–Crippen LogP) is 5.19. The van der Waals surface area contributed by atoms with Gasteiger partial charge in [0.25, 0.3) is 5.91 Å².